The predicted octanol–water partition coefficient (Wildman–Crippen LogP) is 1.55. The van der Waals surface area contributed by atoms with Crippen molar-refractivity contribution < 1.29 is 14.8 Å². The minimum atomic E-state index is -0.944. The van der Waals surface area contributed by atoms with Gasteiger partial charge < -0.3 is 5.11 Å². The summed E-state index contributed by atoms with van der Waals surface area (Å²) < 4.78 is 0. The third-order valence-electron chi connectivity index (χ3n) is 1.58. The molecule has 0 aromatic carbocycles. The third kappa shape index (κ3) is 3.21. The molecule has 0 radical (unpaired) electrons. The topological polar surface area (TPSA) is 93.3 Å². The summed E-state index contributed by atoms with van der Waals surface area (Å²) in [5.74, 6) is -0.944. The molecule has 15 heavy (non-hydrogen) atoms. The summed E-state index contributed by atoms with van der Waals surface area (Å²) >= 11 is 1.04. The molecular weight excluding hydrogens is 220 g/mol. The van der Waals surface area contributed by atoms with Crippen LogP contribution in [0.4, 0.5) is 5.69 Å². The first-order valence-electron chi connectivity index (χ1n) is 4.00. The molecule has 0 bridgehead atoms. The van der Waals surface area contributed by atoms with E-state index in [1.165, 1.54) is 19.1 Å². The normalized spacial score (nSPS) is 12.1. The number of carboxylic acid groups (broad SMARTS) is 1. The predicted molar refractivity (Wildman–Crippen MR) is 53.8 cm³/mol. The van der Waals surface area contributed by atoms with E-state index in [0.717, 1.165) is 18.0 Å². The van der Waals surface area contributed by atoms with Crippen molar-refractivity contribution >= 4 is 23.4 Å². The summed E-state index contributed by atoms with van der Waals surface area (Å²) in [5, 5.41) is 18.8. The highest BCUT2D eigenvalue weighted by Gasteiger charge is 2.14. The zero-order valence-electron chi connectivity index (χ0n) is 7.78. The van der Waals surface area contributed by atoms with Crippen LogP contribution in [0, 0.1) is 10.1 Å². The monoisotopic (exact) mass is 228 g/mol. The SMILES string of the molecule is C[C@H](Sc1ccc([N+](=O)[O-])cn1)C(=O)O. The van der Waals surface area contributed by atoms with Crippen LogP contribution in [-0.4, -0.2) is 26.2 Å². The largest absolute Gasteiger partial charge is 0.480 e. The molecule has 7 heteroatoms. The lowest BCUT2D eigenvalue weighted by Gasteiger charge is -2.03. The van der Waals surface area contributed by atoms with E-state index in [4.69, 9.17) is 5.11 Å². The first-order chi connectivity index (χ1) is 7.00. The van der Waals surface area contributed by atoms with Gasteiger partial charge in [0.15, 0.2) is 0 Å². The van der Waals surface area contributed by atoms with Crippen molar-refractivity contribution in [3.05, 3.63) is 28.4 Å². The lowest BCUT2D eigenvalue weighted by molar-refractivity contribution is -0.385. The Morgan fingerprint density at radius 1 is 1.67 bits per heavy atom. The fourth-order valence-electron chi connectivity index (χ4n) is 0.782. The van der Waals surface area contributed by atoms with Crippen molar-refractivity contribution in [1.29, 1.82) is 0 Å². The molecule has 0 aliphatic carbocycles. The Kier molecular flexibility index (Phi) is 3.62. The number of carbonyl (C=O) groups is 1. The second-order valence-corrected chi connectivity index (χ2v) is 4.07. The molecule has 1 aromatic heterocycles. The fraction of sp³-hybridized carbons (Fsp3) is 0.250. The Labute approximate surface area is 89.5 Å². The lowest BCUT2D eigenvalue weighted by atomic mass is 10.4. The van der Waals surface area contributed by atoms with Gasteiger partial charge in [-0.1, -0.05) is 11.8 Å². The maximum Gasteiger partial charge on any atom is 0.316 e. The van der Waals surface area contributed by atoms with Crippen LogP contribution in [0.1, 0.15) is 6.92 Å². The Morgan fingerprint density at radius 3 is 2.73 bits per heavy atom. The second kappa shape index (κ2) is 4.74. The number of nitrogens with zero attached hydrogens (tertiary/aromatic N) is 2. The highest BCUT2D eigenvalue weighted by atomic mass is 32.2. The molecule has 6 nitrogen and oxygen atoms in total. The summed E-state index contributed by atoms with van der Waals surface area (Å²) in [6.07, 6.45) is 1.11. The Balaban J connectivity index is 2.72. The number of thioether (sulfide) groups is 1. The van der Waals surface area contributed by atoms with E-state index >= 15 is 0 Å². The maximum absolute atomic E-state index is 10.5. The molecule has 0 fully saturated rings. The second-order valence-electron chi connectivity index (χ2n) is 2.71. The molecule has 80 valence electrons. The van der Waals surface area contributed by atoms with E-state index in [1.807, 2.05) is 0 Å². The van der Waals surface area contributed by atoms with Gasteiger partial charge in [-0.25, -0.2) is 4.98 Å². The number of aliphatic carboxylic acids is 1. The summed E-state index contributed by atoms with van der Waals surface area (Å²) in [7, 11) is 0. The molecule has 1 N–H and O–H groups in total. The average Bonchev–Trinajstić information content (AvgIpc) is 2.18. The van der Waals surface area contributed by atoms with Crippen LogP contribution in [0.3, 0.4) is 0 Å². The van der Waals surface area contributed by atoms with E-state index in [2.05, 4.69) is 4.98 Å². The number of rotatable bonds is 4. The molecule has 1 aromatic rings. The molecule has 1 rings (SSSR count). The Morgan fingerprint density at radius 2 is 2.33 bits per heavy atom. The van der Waals surface area contributed by atoms with Gasteiger partial charge in [0, 0.05) is 6.07 Å². The molecule has 0 aliphatic heterocycles. The Bertz CT molecular complexity index is 379. The number of nitro groups is 1. The van der Waals surface area contributed by atoms with Crippen LogP contribution < -0.4 is 0 Å². The summed E-state index contributed by atoms with van der Waals surface area (Å²) in [5.41, 5.74) is -0.109. The van der Waals surface area contributed by atoms with Crippen LogP contribution >= 0.6 is 11.8 Å². The lowest BCUT2D eigenvalue weighted by Crippen LogP contribution is -2.11. The molecule has 0 saturated carbocycles. The van der Waals surface area contributed by atoms with Crippen LogP contribution in [0.2, 0.25) is 0 Å². The molecule has 0 saturated heterocycles. The van der Waals surface area contributed by atoms with Crippen LogP contribution in [0.15, 0.2) is 23.4 Å². The van der Waals surface area contributed by atoms with Gasteiger partial charge in [-0.05, 0) is 13.0 Å². The van der Waals surface area contributed by atoms with Gasteiger partial charge in [0.2, 0.25) is 0 Å². The van der Waals surface area contributed by atoms with Gasteiger partial charge in [-0.15, -0.1) is 0 Å². The summed E-state index contributed by atoms with van der Waals surface area (Å²) in [4.78, 5) is 24.1. The fourth-order valence-corrected chi connectivity index (χ4v) is 1.50. The standard InChI is InChI=1S/C8H8N2O4S/c1-5(8(11)12)15-7-3-2-6(4-9-7)10(13)14/h2-5H,1H3,(H,11,12)/t5-/m0/s1. The molecule has 0 aliphatic rings. The zero-order valence-corrected chi connectivity index (χ0v) is 8.60. The van der Waals surface area contributed by atoms with Gasteiger partial charge in [0.1, 0.15) is 11.4 Å². The first kappa shape index (κ1) is 11.4. The zero-order chi connectivity index (χ0) is 11.4. The van der Waals surface area contributed by atoms with Gasteiger partial charge in [-0.2, -0.15) is 0 Å². The number of hydrogen-bond donors (Lipinski definition) is 1. The quantitative estimate of drug-likeness (QED) is 0.477. The molecular formula is C8H8N2O4S. The number of pyridine rings is 1. The van der Waals surface area contributed by atoms with Crippen LogP contribution in [0.5, 0.6) is 0 Å². The smallest absolute Gasteiger partial charge is 0.316 e. The number of aromatic nitrogens is 1. The van der Waals surface area contributed by atoms with Crippen molar-refractivity contribution in [2.45, 2.75) is 17.2 Å². The van der Waals surface area contributed by atoms with Crippen molar-refractivity contribution in [3.63, 3.8) is 0 Å². The molecule has 0 amide bonds. The number of carboxylic acids is 1. The molecule has 0 spiro atoms. The van der Waals surface area contributed by atoms with E-state index in [1.54, 1.807) is 0 Å². The van der Waals surface area contributed by atoms with E-state index in [9.17, 15) is 14.9 Å². The minimum absolute atomic E-state index is 0.109. The van der Waals surface area contributed by atoms with Crippen molar-refractivity contribution in [2.24, 2.45) is 0 Å². The molecule has 1 atom stereocenters. The van der Waals surface area contributed by atoms with Crippen molar-refractivity contribution in [1.82, 2.24) is 4.98 Å². The average molecular weight is 228 g/mol. The summed E-state index contributed by atoms with van der Waals surface area (Å²) in [6, 6.07) is 2.73. The third-order valence-corrected chi connectivity index (χ3v) is 2.62. The van der Waals surface area contributed by atoms with E-state index in [-0.39, 0.29) is 5.69 Å². The van der Waals surface area contributed by atoms with Crippen LogP contribution in [-0.2, 0) is 4.79 Å². The van der Waals surface area contributed by atoms with Gasteiger partial charge in [0.25, 0.3) is 5.69 Å². The van der Waals surface area contributed by atoms with Crippen molar-refractivity contribution in [3.8, 4) is 0 Å². The minimum Gasteiger partial charge on any atom is -0.480 e. The summed E-state index contributed by atoms with van der Waals surface area (Å²) in [6.45, 7) is 1.52. The van der Waals surface area contributed by atoms with Gasteiger partial charge in [-0.3, -0.25) is 14.9 Å². The Hall–Kier alpha value is -1.63. The van der Waals surface area contributed by atoms with E-state index < -0.39 is 16.1 Å². The maximum atomic E-state index is 10.5. The van der Waals surface area contributed by atoms with Crippen LogP contribution in [0.25, 0.3) is 0 Å². The number of hydrogen-bond acceptors (Lipinski definition) is 5. The van der Waals surface area contributed by atoms with Gasteiger partial charge >= 0.3 is 5.97 Å². The highest BCUT2D eigenvalue weighted by molar-refractivity contribution is 8.00. The van der Waals surface area contributed by atoms with Gasteiger partial charge in [0.05, 0.1) is 9.95 Å². The van der Waals surface area contributed by atoms with E-state index in [0.29, 0.717) is 5.03 Å². The molecule has 1 heterocycles. The first-order valence-corrected chi connectivity index (χ1v) is 4.88. The molecule has 0 unspecified atom stereocenters. The highest BCUT2D eigenvalue weighted by Crippen LogP contribution is 2.22. The van der Waals surface area contributed by atoms with Crippen molar-refractivity contribution in [2.75, 3.05) is 0 Å².